The normalized spacial score (nSPS) is 19.2. The van der Waals surface area contributed by atoms with E-state index in [-0.39, 0.29) is 5.41 Å². The Morgan fingerprint density at radius 1 is 1.06 bits per heavy atom. The van der Waals surface area contributed by atoms with Crippen molar-refractivity contribution in [1.29, 1.82) is 0 Å². The van der Waals surface area contributed by atoms with Gasteiger partial charge < -0.3 is 9.64 Å². The Hall–Kier alpha value is -2.28. The van der Waals surface area contributed by atoms with Crippen LogP contribution in [0.5, 0.6) is 6.01 Å². The summed E-state index contributed by atoms with van der Waals surface area (Å²) in [5.74, 6) is 3.13. The van der Waals surface area contributed by atoms with E-state index in [0.29, 0.717) is 24.5 Å². The van der Waals surface area contributed by atoms with Crippen LogP contribution in [0.3, 0.4) is 0 Å². The van der Waals surface area contributed by atoms with Gasteiger partial charge in [-0.15, -0.1) is 0 Å². The highest BCUT2D eigenvalue weighted by atomic mass is 16.5. The molecule has 0 amide bonds. The molecule has 0 bridgehead atoms. The molecule has 1 saturated heterocycles. The molecule has 2 aliphatic rings. The third kappa shape index (κ3) is 5.70. The number of hydrogen-bond acceptors (Lipinski definition) is 7. The van der Waals surface area contributed by atoms with Crippen LogP contribution < -0.4 is 9.64 Å². The Bertz CT molecular complexity index is 841. The molecule has 0 aromatic carbocycles. The number of ether oxygens (including phenoxy) is 1. The van der Waals surface area contributed by atoms with E-state index in [9.17, 15) is 0 Å². The minimum atomic E-state index is -0.0335. The molecule has 2 aromatic rings. The maximum absolute atomic E-state index is 5.72. The third-order valence-electron chi connectivity index (χ3n) is 6.23. The molecular formula is C24H36N6O. The van der Waals surface area contributed by atoms with E-state index in [1.54, 1.807) is 18.5 Å². The van der Waals surface area contributed by atoms with E-state index < -0.39 is 0 Å². The van der Waals surface area contributed by atoms with Crippen molar-refractivity contribution < 1.29 is 4.74 Å². The molecule has 2 fully saturated rings. The lowest BCUT2D eigenvalue weighted by atomic mass is 9.82. The van der Waals surface area contributed by atoms with Gasteiger partial charge in [0, 0.05) is 74.1 Å². The van der Waals surface area contributed by atoms with E-state index >= 15 is 0 Å². The zero-order chi connectivity index (χ0) is 21.8. The van der Waals surface area contributed by atoms with Gasteiger partial charge in [0.25, 0.3) is 0 Å². The van der Waals surface area contributed by atoms with Gasteiger partial charge in [-0.2, -0.15) is 0 Å². The summed E-state index contributed by atoms with van der Waals surface area (Å²) in [6.45, 7) is 14.6. The van der Waals surface area contributed by atoms with Gasteiger partial charge in [-0.3, -0.25) is 4.90 Å². The average Bonchev–Trinajstić information content (AvgIpc) is 2.71. The predicted octanol–water partition coefficient (Wildman–Crippen LogP) is 3.67. The maximum atomic E-state index is 5.72. The first-order chi connectivity index (χ1) is 14.9. The first-order valence-electron chi connectivity index (χ1n) is 11.6. The van der Waals surface area contributed by atoms with Crippen LogP contribution in [0.25, 0.3) is 0 Å². The number of piperazine rings is 1. The van der Waals surface area contributed by atoms with Gasteiger partial charge in [0.05, 0.1) is 6.61 Å². The van der Waals surface area contributed by atoms with Gasteiger partial charge in [-0.05, 0) is 18.9 Å². The Balaban J connectivity index is 1.33. The van der Waals surface area contributed by atoms with Crippen LogP contribution >= 0.6 is 0 Å². The summed E-state index contributed by atoms with van der Waals surface area (Å²) in [7, 11) is 0. The molecule has 7 heteroatoms. The zero-order valence-electron chi connectivity index (χ0n) is 19.4. The van der Waals surface area contributed by atoms with Crippen molar-refractivity contribution in [3.63, 3.8) is 0 Å². The van der Waals surface area contributed by atoms with Crippen molar-refractivity contribution in [2.24, 2.45) is 5.92 Å². The highest BCUT2D eigenvalue weighted by Crippen LogP contribution is 2.37. The Kier molecular flexibility index (Phi) is 6.70. The molecule has 7 nitrogen and oxygen atoms in total. The smallest absolute Gasteiger partial charge is 0.316 e. The molecule has 0 N–H and O–H groups in total. The molecule has 0 radical (unpaired) electrons. The van der Waals surface area contributed by atoms with Gasteiger partial charge in [0.15, 0.2) is 0 Å². The number of anilines is 1. The van der Waals surface area contributed by atoms with Crippen molar-refractivity contribution >= 4 is 5.82 Å². The largest absolute Gasteiger partial charge is 0.463 e. The minimum Gasteiger partial charge on any atom is -0.463 e. The quantitative estimate of drug-likeness (QED) is 0.672. The van der Waals surface area contributed by atoms with Gasteiger partial charge in [0.1, 0.15) is 11.6 Å². The second-order valence-electron chi connectivity index (χ2n) is 10.1. The lowest BCUT2D eigenvalue weighted by molar-refractivity contribution is 0.172. The summed E-state index contributed by atoms with van der Waals surface area (Å²) in [5, 5.41) is 0. The van der Waals surface area contributed by atoms with Gasteiger partial charge in [-0.25, -0.2) is 19.9 Å². The van der Waals surface area contributed by atoms with Crippen molar-refractivity contribution in [3.8, 4) is 6.01 Å². The summed E-state index contributed by atoms with van der Waals surface area (Å²) in [5.41, 5.74) is 1.21. The molecule has 0 spiro atoms. The zero-order valence-corrected chi connectivity index (χ0v) is 19.4. The molecular weight excluding hydrogens is 388 g/mol. The second-order valence-corrected chi connectivity index (χ2v) is 10.1. The highest BCUT2D eigenvalue weighted by Gasteiger charge is 2.28. The molecule has 4 rings (SSSR count). The molecule has 31 heavy (non-hydrogen) atoms. The van der Waals surface area contributed by atoms with Crippen molar-refractivity contribution in [1.82, 2.24) is 24.8 Å². The molecule has 1 aliphatic heterocycles. The minimum absolute atomic E-state index is 0.0335. The SMILES string of the molecule is C[C@H](COc1ncccn1)CN1CCN(c2cc(C3CCC3)nc(C(C)(C)C)n2)CC1. The molecule has 1 atom stereocenters. The maximum Gasteiger partial charge on any atom is 0.316 e. The Labute approximate surface area is 186 Å². The fraction of sp³-hybridized carbons (Fsp3) is 0.667. The second kappa shape index (κ2) is 9.47. The number of hydrogen-bond donors (Lipinski definition) is 0. The van der Waals surface area contributed by atoms with Crippen LogP contribution in [0.2, 0.25) is 0 Å². The molecule has 1 saturated carbocycles. The first kappa shape index (κ1) is 21.9. The van der Waals surface area contributed by atoms with Gasteiger partial charge in [-0.1, -0.05) is 34.1 Å². The van der Waals surface area contributed by atoms with Crippen LogP contribution in [0.15, 0.2) is 24.5 Å². The first-order valence-corrected chi connectivity index (χ1v) is 11.6. The number of rotatable bonds is 7. The topological polar surface area (TPSA) is 67.3 Å². The highest BCUT2D eigenvalue weighted by molar-refractivity contribution is 5.42. The van der Waals surface area contributed by atoms with Crippen LogP contribution in [-0.2, 0) is 5.41 Å². The Morgan fingerprint density at radius 2 is 1.77 bits per heavy atom. The van der Waals surface area contributed by atoms with E-state index in [1.807, 2.05) is 0 Å². The van der Waals surface area contributed by atoms with Gasteiger partial charge >= 0.3 is 6.01 Å². The van der Waals surface area contributed by atoms with Crippen LogP contribution in [-0.4, -0.2) is 64.2 Å². The van der Waals surface area contributed by atoms with E-state index in [0.717, 1.165) is 44.4 Å². The van der Waals surface area contributed by atoms with Gasteiger partial charge in [0.2, 0.25) is 0 Å². The van der Waals surface area contributed by atoms with E-state index in [2.05, 4.69) is 53.5 Å². The molecule has 2 aromatic heterocycles. The number of aromatic nitrogens is 4. The van der Waals surface area contributed by atoms with Crippen molar-refractivity contribution in [3.05, 3.63) is 36.0 Å². The fourth-order valence-electron chi connectivity index (χ4n) is 4.09. The van der Waals surface area contributed by atoms with Crippen LogP contribution in [0.1, 0.15) is 64.4 Å². The molecule has 1 aliphatic carbocycles. The lowest BCUT2D eigenvalue weighted by Gasteiger charge is -2.37. The van der Waals surface area contributed by atoms with Crippen LogP contribution in [0, 0.1) is 5.92 Å². The monoisotopic (exact) mass is 424 g/mol. The Morgan fingerprint density at radius 3 is 2.39 bits per heavy atom. The summed E-state index contributed by atoms with van der Waals surface area (Å²) in [6, 6.07) is 4.51. The fourth-order valence-corrected chi connectivity index (χ4v) is 4.09. The standard InChI is InChI=1S/C24H36N6O/c1-18(17-31-23-25-9-6-10-26-23)16-29-11-13-30(14-12-29)21-15-20(19-7-5-8-19)27-22(28-21)24(2,3)4/h6,9-10,15,18-19H,5,7-8,11-14,16-17H2,1-4H3/t18-/m0/s1. The van der Waals surface area contributed by atoms with Crippen molar-refractivity contribution in [2.45, 2.75) is 58.3 Å². The molecule has 0 unspecified atom stereocenters. The summed E-state index contributed by atoms with van der Waals surface area (Å²) < 4.78 is 5.72. The molecule has 168 valence electrons. The van der Waals surface area contributed by atoms with E-state index in [1.165, 1.54) is 25.0 Å². The summed E-state index contributed by atoms with van der Waals surface area (Å²) in [4.78, 5) is 23.1. The number of nitrogens with zero attached hydrogens (tertiary/aromatic N) is 6. The van der Waals surface area contributed by atoms with Crippen LogP contribution in [0.4, 0.5) is 5.82 Å². The molecule has 3 heterocycles. The summed E-state index contributed by atoms with van der Waals surface area (Å²) >= 11 is 0. The van der Waals surface area contributed by atoms with Crippen molar-refractivity contribution in [2.75, 3.05) is 44.2 Å². The summed E-state index contributed by atoms with van der Waals surface area (Å²) in [6.07, 6.45) is 7.27. The lowest BCUT2D eigenvalue weighted by Crippen LogP contribution is -2.48. The van der Waals surface area contributed by atoms with E-state index in [4.69, 9.17) is 14.7 Å². The predicted molar refractivity (Wildman–Crippen MR) is 123 cm³/mol. The average molecular weight is 425 g/mol. The third-order valence-corrected chi connectivity index (χ3v) is 6.23.